The van der Waals surface area contributed by atoms with E-state index < -0.39 is 0 Å². The Labute approximate surface area is 134 Å². The van der Waals surface area contributed by atoms with Gasteiger partial charge in [0.2, 0.25) is 0 Å². The van der Waals surface area contributed by atoms with Crippen LogP contribution in [0.5, 0.6) is 0 Å². The van der Waals surface area contributed by atoms with E-state index in [1.165, 1.54) is 0 Å². The molecule has 19 heavy (non-hydrogen) atoms. The molecule has 0 bridgehead atoms. The summed E-state index contributed by atoms with van der Waals surface area (Å²) in [4.78, 5) is 3.92. The fraction of sp³-hybridized carbons (Fsp3) is 0. The van der Waals surface area contributed by atoms with Gasteiger partial charge in [-0.25, -0.2) is 0 Å². The van der Waals surface area contributed by atoms with Gasteiger partial charge in [0, 0.05) is 19.8 Å². The van der Waals surface area contributed by atoms with Crippen LogP contribution in [0.15, 0.2) is 35.3 Å². The van der Waals surface area contributed by atoms with E-state index in [1.807, 2.05) is 56.9 Å². The molecule has 3 nitrogen and oxygen atoms in total. The van der Waals surface area contributed by atoms with Crippen LogP contribution in [0.3, 0.4) is 0 Å². The molecule has 0 radical (unpaired) electrons. The van der Waals surface area contributed by atoms with Crippen molar-refractivity contribution in [2.45, 2.75) is 0 Å². The fourth-order valence-corrected chi connectivity index (χ4v) is 2.80. The van der Waals surface area contributed by atoms with Gasteiger partial charge in [0.1, 0.15) is 0 Å². The van der Waals surface area contributed by atoms with E-state index in [9.17, 15) is 0 Å². The van der Waals surface area contributed by atoms with Crippen molar-refractivity contribution in [2.24, 2.45) is 0 Å². The van der Waals surface area contributed by atoms with Gasteiger partial charge in [0.25, 0.3) is 0 Å². The molecule has 0 amide bonds. The first kappa shape index (κ1) is 14.5. The zero-order chi connectivity index (χ0) is 12.4. The summed E-state index contributed by atoms with van der Waals surface area (Å²) < 4.78 is 0. The maximum Gasteiger partial charge on any atom is 0.0726 e. The van der Waals surface area contributed by atoms with Crippen LogP contribution in [0.25, 0.3) is 0 Å². The van der Waals surface area contributed by atoms with Crippen molar-refractivity contribution in [3.8, 4) is 6.07 Å². The average molecular weight is 461 g/mol. The maximum absolute atomic E-state index is 9.10. The molecule has 1 aromatic rings. The Bertz CT molecular complexity index is 525. The number of rotatable bonds is 2. The van der Waals surface area contributed by atoms with Gasteiger partial charge in [-0.1, -0.05) is 5.56 Å². The molecule has 0 atom stereocenters. The molecule has 2 heterocycles. The summed E-state index contributed by atoms with van der Waals surface area (Å²) in [5.74, 6) is 3.96. The smallest absolute Gasteiger partial charge is 0.0726 e. The van der Waals surface area contributed by atoms with E-state index in [0.717, 1.165) is 11.4 Å². The van der Waals surface area contributed by atoms with E-state index in [2.05, 4.69) is 12.1 Å². The van der Waals surface area contributed by atoms with Gasteiger partial charge in [-0.3, -0.25) is 0 Å². The third-order valence-corrected chi connectivity index (χ3v) is 3.73. The molecule has 6 heteroatoms. The molecule has 0 saturated carbocycles. The number of benzene rings is 1. The van der Waals surface area contributed by atoms with Crippen molar-refractivity contribution < 1.29 is 19.8 Å². The minimum atomic E-state index is 0. The van der Waals surface area contributed by atoms with Crippen molar-refractivity contribution in [3.63, 3.8) is 0 Å². The molecule has 0 spiro atoms. The Morgan fingerprint density at radius 1 is 1.05 bits per heavy atom. The average Bonchev–Trinajstić information content (AvgIpc) is 3.10. The molecular weight excluding hydrogens is 453 g/mol. The predicted molar refractivity (Wildman–Crippen MR) is 77.0 cm³/mol. The zero-order valence-corrected chi connectivity index (χ0v) is 13.8. The van der Waals surface area contributed by atoms with Crippen LogP contribution >= 0.6 is 23.5 Å². The van der Waals surface area contributed by atoms with E-state index >= 15 is 0 Å². The first-order valence-electron chi connectivity index (χ1n) is 5.22. The van der Waals surface area contributed by atoms with Crippen LogP contribution in [-0.2, 0) is 19.8 Å². The summed E-state index contributed by atoms with van der Waals surface area (Å²) in [6.07, 6.45) is 3.92. The molecule has 3 rings (SSSR count). The Morgan fingerprint density at radius 3 is 1.95 bits per heavy atom. The third-order valence-electron chi connectivity index (χ3n) is 2.47. The second-order valence-corrected chi connectivity index (χ2v) is 5.13. The van der Waals surface area contributed by atoms with Gasteiger partial charge in [-0.15, -0.1) is 29.6 Å². The number of thioether (sulfide) groups is 2. The molecule has 1 aromatic carbocycles. The molecule has 98 valence electrons. The summed E-state index contributed by atoms with van der Waals surface area (Å²) in [6.45, 7) is 0. The second-order valence-electron chi connectivity index (χ2n) is 3.62. The molecule has 0 aromatic heterocycles. The van der Waals surface area contributed by atoms with E-state index in [4.69, 9.17) is 5.26 Å². The first-order chi connectivity index (χ1) is 8.86. The minimum absolute atomic E-state index is 0. The van der Waals surface area contributed by atoms with Crippen molar-refractivity contribution in [3.05, 3.63) is 58.7 Å². The van der Waals surface area contributed by atoms with Gasteiger partial charge in [-0.2, -0.15) is 17.0 Å². The molecule has 0 unspecified atom stereocenters. The second kappa shape index (κ2) is 6.52. The van der Waals surface area contributed by atoms with E-state index in [0.29, 0.717) is 5.56 Å². The predicted octanol–water partition coefficient (Wildman–Crippen LogP) is 3.64. The van der Waals surface area contributed by atoms with Crippen LogP contribution in [0.4, 0.5) is 11.4 Å². The summed E-state index contributed by atoms with van der Waals surface area (Å²) in [5, 5.41) is 13.1. The fourth-order valence-electron chi connectivity index (χ4n) is 1.63. The monoisotopic (exact) mass is 462 g/mol. The number of hydrogen-bond acceptors (Lipinski definition) is 5. The van der Waals surface area contributed by atoms with Gasteiger partial charge < -0.3 is 33.3 Å². The molecule has 0 saturated heterocycles. The van der Waals surface area contributed by atoms with Gasteiger partial charge in [0.15, 0.2) is 0 Å². The topological polar surface area (TPSA) is 30.3 Å². The van der Waals surface area contributed by atoms with Crippen molar-refractivity contribution in [1.29, 1.82) is 5.26 Å². The third kappa shape index (κ3) is 3.18. The Morgan fingerprint density at radius 2 is 1.58 bits per heavy atom. The summed E-state index contributed by atoms with van der Waals surface area (Å²) in [7, 11) is 0. The molecule has 2 aliphatic heterocycles. The van der Waals surface area contributed by atoms with E-state index in [1.54, 1.807) is 23.5 Å². The SMILES string of the molecule is N#Cc1cc(N2C=CS[CH-]2)[c-]c(N2C=CS[CH-]2)c1.[Os]. The number of anilines is 2. The maximum atomic E-state index is 9.10. The molecule has 0 fully saturated rings. The summed E-state index contributed by atoms with van der Waals surface area (Å²) in [6, 6.07) is 9.18. The standard InChI is InChI=1S/C13H8N3S2.Os/c14-8-11-5-12(15-1-3-17-9-15)7-13(6-11)16-2-4-18-10-16;/h1-6,9-10H;/q-3;. The summed E-state index contributed by atoms with van der Waals surface area (Å²) >= 11 is 3.21. The normalized spacial score (nSPS) is 16.6. The van der Waals surface area contributed by atoms with Crippen molar-refractivity contribution in [2.75, 3.05) is 9.80 Å². The number of nitrogens with zero attached hydrogens (tertiary/aromatic N) is 3. The van der Waals surface area contributed by atoms with Crippen molar-refractivity contribution in [1.82, 2.24) is 0 Å². The Kier molecular flexibility index (Phi) is 4.99. The van der Waals surface area contributed by atoms with Crippen LogP contribution < -0.4 is 9.80 Å². The quantitative estimate of drug-likeness (QED) is 0.629. The molecule has 0 N–H and O–H groups in total. The van der Waals surface area contributed by atoms with E-state index in [-0.39, 0.29) is 19.8 Å². The minimum Gasteiger partial charge on any atom is -0.510 e. The Balaban J connectivity index is 0.00000133. The van der Waals surface area contributed by atoms with Crippen LogP contribution in [0, 0.1) is 29.2 Å². The van der Waals surface area contributed by atoms with Gasteiger partial charge in [0.05, 0.1) is 6.07 Å². The van der Waals surface area contributed by atoms with Gasteiger partial charge in [-0.05, 0) is 23.2 Å². The molecular formula is C13H8N3OsS2-3. The zero-order valence-electron chi connectivity index (χ0n) is 9.63. The van der Waals surface area contributed by atoms with Crippen molar-refractivity contribution >= 4 is 34.9 Å². The van der Waals surface area contributed by atoms with Gasteiger partial charge >= 0.3 is 0 Å². The Hall–Kier alpha value is -0.874. The summed E-state index contributed by atoms with van der Waals surface area (Å²) in [5.41, 5.74) is 2.39. The molecule has 0 aliphatic carbocycles. The van der Waals surface area contributed by atoms with Crippen LogP contribution in [0.2, 0.25) is 0 Å². The van der Waals surface area contributed by atoms with Crippen LogP contribution in [0.1, 0.15) is 5.56 Å². The largest absolute Gasteiger partial charge is 0.510 e. The van der Waals surface area contributed by atoms with Crippen LogP contribution in [-0.4, -0.2) is 0 Å². The number of nitriles is 1. The number of hydrogen-bond donors (Lipinski definition) is 0. The first-order valence-corrected chi connectivity index (χ1v) is 7.10. The molecule has 2 aliphatic rings.